The van der Waals surface area contributed by atoms with Crippen molar-refractivity contribution in [3.63, 3.8) is 0 Å². The molecule has 2 aromatic rings. The number of nitrogens with two attached hydrogens (primary N) is 1. The van der Waals surface area contributed by atoms with Crippen LogP contribution in [-0.4, -0.2) is 4.98 Å². The fraction of sp³-hybridized carbons (Fsp3) is 0.154. The standard InChI is InChI=1S/C13H14N2/c1-10-4-6-11(7-5-10)13(14)12-3-2-8-15-9-12/h2-9,13H,14H2,1H3/t13-/m0/s1. The van der Waals surface area contributed by atoms with Crippen LogP contribution in [0, 0.1) is 6.92 Å². The molecule has 1 aromatic heterocycles. The number of pyridine rings is 1. The minimum atomic E-state index is -0.0840. The predicted molar refractivity (Wildman–Crippen MR) is 61.4 cm³/mol. The molecule has 1 heterocycles. The van der Waals surface area contributed by atoms with E-state index in [1.165, 1.54) is 5.56 Å². The summed E-state index contributed by atoms with van der Waals surface area (Å²) < 4.78 is 0. The lowest BCUT2D eigenvalue weighted by Crippen LogP contribution is -2.11. The van der Waals surface area contributed by atoms with Crippen LogP contribution in [0.25, 0.3) is 0 Å². The Balaban J connectivity index is 2.29. The zero-order valence-electron chi connectivity index (χ0n) is 8.72. The first kappa shape index (κ1) is 9.87. The Morgan fingerprint density at radius 3 is 2.40 bits per heavy atom. The van der Waals surface area contributed by atoms with Gasteiger partial charge in [-0.05, 0) is 24.1 Å². The molecule has 0 fully saturated rings. The quantitative estimate of drug-likeness (QED) is 0.805. The van der Waals surface area contributed by atoms with Crippen molar-refractivity contribution < 1.29 is 0 Å². The van der Waals surface area contributed by atoms with E-state index < -0.39 is 0 Å². The summed E-state index contributed by atoms with van der Waals surface area (Å²) in [5.74, 6) is 0. The maximum absolute atomic E-state index is 6.13. The maximum Gasteiger partial charge on any atom is 0.0566 e. The first-order valence-corrected chi connectivity index (χ1v) is 4.99. The smallest absolute Gasteiger partial charge is 0.0566 e. The summed E-state index contributed by atoms with van der Waals surface area (Å²) in [7, 11) is 0. The molecule has 0 radical (unpaired) electrons. The van der Waals surface area contributed by atoms with Crippen LogP contribution in [0.4, 0.5) is 0 Å². The van der Waals surface area contributed by atoms with E-state index in [1.54, 1.807) is 6.20 Å². The van der Waals surface area contributed by atoms with E-state index in [2.05, 4.69) is 36.2 Å². The minimum absolute atomic E-state index is 0.0840. The van der Waals surface area contributed by atoms with Gasteiger partial charge in [0.15, 0.2) is 0 Å². The van der Waals surface area contributed by atoms with Crippen LogP contribution in [0.3, 0.4) is 0 Å². The van der Waals surface area contributed by atoms with Gasteiger partial charge in [0, 0.05) is 12.4 Å². The van der Waals surface area contributed by atoms with Gasteiger partial charge in [0.05, 0.1) is 6.04 Å². The molecular weight excluding hydrogens is 184 g/mol. The molecule has 0 bridgehead atoms. The predicted octanol–water partition coefficient (Wildman–Crippen LogP) is 2.44. The minimum Gasteiger partial charge on any atom is -0.320 e. The average molecular weight is 198 g/mol. The van der Waals surface area contributed by atoms with E-state index in [0.29, 0.717) is 0 Å². The summed E-state index contributed by atoms with van der Waals surface area (Å²) in [6, 6.07) is 12.1. The normalized spacial score (nSPS) is 12.4. The number of benzene rings is 1. The number of hydrogen-bond acceptors (Lipinski definition) is 2. The fourth-order valence-corrected chi connectivity index (χ4v) is 1.53. The highest BCUT2D eigenvalue weighted by molar-refractivity contribution is 5.31. The summed E-state index contributed by atoms with van der Waals surface area (Å²) >= 11 is 0. The number of hydrogen-bond donors (Lipinski definition) is 1. The van der Waals surface area contributed by atoms with Crippen molar-refractivity contribution in [1.29, 1.82) is 0 Å². The molecule has 0 amide bonds. The number of rotatable bonds is 2. The molecule has 0 aliphatic heterocycles. The topological polar surface area (TPSA) is 38.9 Å². The number of nitrogens with zero attached hydrogens (tertiary/aromatic N) is 1. The average Bonchev–Trinajstić information content (AvgIpc) is 2.30. The molecule has 0 unspecified atom stereocenters. The Morgan fingerprint density at radius 2 is 1.80 bits per heavy atom. The second kappa shape index (κ2) is 4.24. The lowest BCUT2D eigenvalue weighted by atomic mass is 10.0. The molecule has 0 aliphatic carbocycles. The largest absolute Gasteiger partial charge is 0.320 e. The van der Waals surface area contributed by atoms with E-state index in [4.69, 9.17) is 5.73 Å². The van der Waals surface area contributed by atoms with Gasteiger partial charge >= 0.3 is 0 Å². The van der Waals surface area contributed by atoms with Crippen LogP contribution in [0.1, 0.15) is 22.7 Å². The molecule has 1 aromatic carbocycles. The van der Waals surface area contributed by atoms with Gasteiger partial charge in [-0.15, -0.1) is 0 Å². The van der Waals surface area contributed by atoms with E-state index in [0.717, 1.165) is 11.1 Å². The van der Waals surface area contributed by atoms with Crippen LogP contribution in [0.5, 0.6) is 0 Å². The van der Waals surface area contributed by atoms with Gasteiger partial charge in [0.1, 0.15) is 0 Å². The molecule has 0 aliphatic rings. The SMILES string of the molecule is Cc1ccc([C@H](N)c2cccnc2)cc1. The van der Waals surface area contributed by atoms with Crippen molar-refractivity contribution in [3.05, 3.63) is 65.5 Å². The summed E-state index contributed by atoms with van der Waals surface area (Å²) in [6.07, 6.45) is 3.57. The van der Waals surface area contributed by atoms with Gasteiger partial charge in [-0.1, -0.05) is 35.9 Å². The molecule has 2 N–H and O–H groups in total. The Bertz CT molecular complexity index is 420. The lowest BCUT2D eigenvalue weighted by molar-refractivity contribution is 0.862. The Kier molecular flexibility index (Phi) is 2.79. The van der Waals surface area contributed by atoms with Gasteiger partial charge in [-0.25, -0.2) is 0 Å². The van der Waals surface area contributed by atoms with Gasteiger partial charge in [-0.2, -0.15) is 0 Å². The molecule has 2 nitrogen and oxygen atoms in total. The molecule has 2 rings (SSSR count). The highest BCUT2D eigenvalue weighted by atomic mass is 14.7. The van der Waals surface area contributed by atoms with Crippen molar-refractivity contribution >= 4 is 0 Å². The molecular formula is C13H14N2. The molecule has 15 heavy (non-hydrogen) atoms. The summed E-state index contributed by atoms with van der Waals surface area (Å²) in [4.78, 5) is 4.07. The van der Waals surface area contributed by atoms with E-state index >= 15 is 0 Å². The second-order valence-electron chi connectivity index (χ2n) is 3.67. The monoisotopic (exact) mass is 198 g/mol. The third-order valence-electron chi connectivity index (χ3n) is 2.48. The van der Waals surface area contributed by atoms with Gasteiger partial charge < -0.3 is 5.73 Å². The number of aryl methyl sites for hydroxylation is 1. The first-order valence-electron chi connectivity index (χ1n) is 4.99. The first-order chi connectivity index (χ1) is 7.27. The molecule has 2 heteroatoms. The fourth-order valence-electron chi connectivity index (χ4n) is 1.53. The van der Waals surface area contributed by atoms with Crippen molar-refractivity contribution in [2.75, 3.05) is 0 Å². The summed E-state index contributed by atoms with van der Waals surface area (Å²) in [6.45, 7) is 2.07. The number of aromatic nitrogens is 1. The lowest BCUT2D eigenvalue weighted by Gasteiger charge is -2.11. The van der Waals surface area contributed by atoms with Crippen LogP contribution >= 0.6 is 0 Å². The highest BCUT2D eigenvalue weighted by Crippen LogP contribution is 2.18. The van der Waals surface area contributed by atoms with E-state index in [1.807, 2.05) is 18.3 Å². The summed E-state index contributed by atoms with van der Waals surface area (Å²) in [5, 5.41) is 0. The van der Waals surface area contributed by atoms with Crippen molar-refractivity contribution in [2.24, 2.45) is 5.73 Å². The highest BCUT2D eigenvalue weighted by Gasteiger charge is 2.07. The van der Waals surface area contributed by atoms with Crippen molar-refractivity contribution in [1.82, 2.24) is 4.98 Å². The Labute approximate surface area is 89.8 Å². The van der Waals surface area contributed by atoms with Gasteiger partial charge in [0.25, 0.3) is 0 Å². The maximum atomic E-state index is 6.13. The molecule has 76 valence electrons. The van der Waals surface area contributed by atoms with Crippen LogP contribution in [-0.2, 0) is 0 Å². The molecule has 0 saturated carbocycles. The zero-order valence-corrected chi connectivity index (χ0v) is 8.72. The van der Waals surface area contributed by atoms with Crippen LogP contribution in [0.2, 0.25) is 0 Å². The van der Waals surface area contributed by atoms with E-state index in [-0.39, 0.29) is 6.04 Å². The third-order valence-corrected chi connectivity index (χ3v) is 2.48. The third kappa shape index (κ3) is 2.22. The van der Waals surface area contributed by atoms with Crippen molar-refractivity contribution in [3.8, 4) is 0 Å². The zero-order chi connectivity index (χ0) is 10.7. The molecule has 0 saturated heterocycles. The van der Waals surface area contributed by atoms with Crippen LogP contribution < -0.4 is 5.73 Å². The van der Waals surface area contributed by atoms with Gasteiger partial charge in [-0.3, -0.25) is 4.98 Å². The second-order valence-corrected chi connectivity index (χ2v) is 3.67. The Morgan fingerprint density at radius 1 is 1.07 bits per heavy atom. The molecule has 1 atom stereocenters. The van der Waals surface area contributed by atoms with Gasteiger partial charge in [0.2, 0.25) is 0 Å². The van der Waals surface area contributed by atoms with Crippen LogP contribution in [0.15, 0.2) is 48.8 Å². The summed E-state index contributed by atoms with van der Waals surface area (Å²) in [5.41, 5.74) is 9.54. The van der Waals surface area contributed by atoms with E-state index in [9.17, 15) is 0 Å². The van der Waals surface area contributed by atoms with Crippen molar-refractivity contribution in [2.45, 2.75) is 13.0 Å². The molecule has 0 spiro atoms. The Hall–Kier alpha value is -1.67.